The van der Waals surface area contributed by atoms with Crippen LogP contribution in [0.2, 0.25) is 0 Å². The molecule has 0 aliphatic heterocycles. The quantitative estimate of drug-likeness (QED) is 0.417. The third kappa shape index (κ3) is 2.82. The second-order valence-corrected chi connectivity index (χ2v) is 5.96. The molecule has 22 heavy (non-hydrogen) atoms. The maximum atomic E-state index is 11.7. The molecule has 3 aromatic rings. The Hall–Kier alpha value is -2.34. The lowest BCUT2D eigenvalue weighted by Crippen LogP contribution is -2.15. The van der Waals surface area contributed by atoms with Gasteiger partial charge in [-0.3, -0.25) is 4.79 Å². The SMILES string of the molecule is COC(=O)C(C)Sc1nc(-c2ccco2)nc2ccccc12. The van der Waals surface area contributed by atoms with Crippen molar-refractivity contribution >= 4 is 28.6 Å². The van der Waals surface area contributed by atoms with Gasteiger partial charge in [-0.05, 0) is 25.1 Å². The molecule has 0 bridgehead atoms. The molecule has 0 saturated carbocycles. The smallest absolute Gasteiger partial charge is 0.318 e. The highest BCUT2D eigenvalue weighted by Crippen LogP contribution is 2.31. The average Bonchev–Trinajstić information content (AvgIpc) is 3.08. The lowest BCUT2D eigenvalue weighted by Gasteiger charge is -2.11. The molecule has 5 nitrogen and oxygen atoms in total. The van der Waals surface area contributed by atoms with Crippen LogP contribution in [0.1, 0.15) is 6.92 Å². The number of rotatable bonds is 4. The summed E-state index contributed by atoms with van der Waals surface area (Å²) >= 11 is 1.35. The highest BCUT2D eigenvalue weighted by Gasteiger charge is 2.19. The Bertz CT molecular complexity index is 802. The summed E-state index contributed by atoms with van der Waals surface area (Å²) in [7, 11) is 1.38. The minimum absolute atomic E-state index is 0.285. The van der Waals surface area contributed by atoms with Crippen molar-refractivity contribution in [3.63, 3.8) is 0 Å². The third-order valence-electron chi connectivity index (χ3n) is 3.13. The maximum Gasteiger partial charge on any atom is 0.318 e. The van der Waals surface area contributed by atoms with Crippen molar-refractivity contribution in [1.82, 2.24) is 9.97 Å². The van der Waals surface area contributed by atoms with E-state index in [1.165, 1.54) is 18.9 Å². The Kier molecular flexibility index (Phi) is 4.11. The van der Waals surface area contributed by atoms with Gasteiger partial charge in [-0.25, -0.2) is 9.97 Å². The van der Waals surface area contributed by atoms with Crippen LogP contribution in [0.3, 0.4) is 0 Å². The lowest BCUT2D eigenvalue weighted by atomic mass is 10.2. The second-order valence-electron chi connectivity index (χ2n) is 4.63. The molecule has 1 aromatic carbocycles. The van der Waals surface area contributed by atoms with Crippen molar-refractivity contribution in [2.75, 3.05) is 7.11 Å². The fourth-order valence-corrected chi connectivity index (χ4v) is 3.00. The van der Waals surface area contributed by atoms with Crippen molar-refractivity contribution in [3.05, 3.63) is 42.7 Å². The summed E-state index contributed by atoms with van der Waals surface area (Å²) in [4.78, 5) is 20.7. The molecular formula is C16H14N2O3S. The predicted octanol–water partition coefficient (Wildman–Crippen LogP) is 3.54. The average molecular weight is 314 g/mol. The van der Waals surface area contributed by atoms with Crippen molar-refractivity contribution in [2.45, 2.75) is 17.2 Å². The highest BCUT2D eigenvalue weighted by molar-refractivity contribution is 8.00. The molecule has 0 saturated heterocycles. The van der Waals surface area contributed by atoms with Crippen LogP contribution in [0, 0.1) is 0 Å². The number of benzene rings is 1. The van der Waals surface area contributed by atoms with Crippen molar-refractivity contribution in [2.24, 2.45) is 0 Å². The van der Waals surface area contributed by atoms with Gasteiger partial charge in [0.15, 0.2) is 11.6 Å². The summed E-state index contributed by atoms with van der Waals surface area (Å²) in [5.41, 5.74) is 0.809. The summed E-state index contributed by atoms with van der Waals surface area (Å²) in [6.07, 6.45) is 1.58. The number of furan rings is 1. The summed E-state index contributed by atoms with van der Waals surface area (Å²) in [6.45, 7) is 1.79. The number of hydrogen-bond acceptors (Lipinski definition) is 6. The van der Waals surface area contributed by atoms with Gasteiger partial charge in [-0.1, -0.05) is 30.0 Å². The molecule has 0 fully saturated rings. The van der Waals surface area contributed by atoms with E-state index in [1.807, 2.05) is 30.3 Å². The summed E-state index contributed by atoms with van der Waals surface area (Å²) in [5.74, 6) is 0.814. The fourth-order valence-electron chi connectivity index (χ4n) is 2.03. The number of para-hydroxylation sites is 1. The first-order valence-electron chi connectivity index (χ1n) is 6.74. The molecule has 2 aromatic heterocycles. The molecule has 0 radical (unpaired) electrons. The minimum Gasteiger partial charge on any atom is -0.468 e. The molecule has 0 spiro atoms. The van der Waals surface area contributed by atoms with E-state index in [0.29, 0.717) is 11.6 Å². The van der Waals surface area contributed by atoms with Crippen LogP contribution >= 0.6 is 11.8 Å². The zero-order valence-corrected chi connectivity index (χ0v) is 13.0. The molecule has 1 atom stereocenters. The van der Waals surface area contributed by atoms with E-state index in [-0.39, 0.29) is 11.2 Å². The summed E-state index contributed by atoms with van der Waals surface area (Å²) in [5, 5.41) is 1.28. The number of carbonyl (C=O) groups is 1. The lowest BCUT2D eigenvalue weighted by molar-refractivity contribution is -0.139. The number of hydrogen-bond donors (Lipinski definition) is 0. The van der Waals surface area contributed by atoms with Crippen LogP contribution in [0.25, 0.3) is 22.5 Å². The first kappa shape index (κ1) is 14.6. The van der Waals surface area contributed by atoms with Gasteiger partial charge >= 0.3 is 5.97 Å². The minimum atomic E-state index is -0.354. The van der Waals surface area contributed by atoms with Crippen molar-refractivity contribution in [1.29, 1.82) is 0 Å². The van der Waals surface area contributed by atoms with Crippen molar-refractivity contribution < 1.29 is 13.9 Å². The molecule has 0 aliphatic carbocycles. The normalized spacial score (nSPS) is 12.3. The third-order valence-corrected chi connectivity index (χ3v) is 4.21. The number of esters is 1. The molecule has 1 unspecified atom stereocenters. The number of methoxy groups -OCH3 is 1. The Balaban J connectivity index is 2.08. The molecule has 3 rings (SSSR count). The van der Waals surface area contributed by atoms with Gasteiger partial charge in [0.1, 0.15) is 10.3 Å². The van der Waals surface area contributed by atoms with Crippen LogP contribution < -0.4 is 0 Å². The Morgan fingerprint density at radius 2 is 2.05 bits per heavy atom. The molecule has 112 valence electrons. The Labute approximate surface area is 131 Å². The van der Waals surface area contributed by atoms with Gasteiger partial charge in [-0.15, -0.1) is 0 Å². The predicted molar refractivity (Wildman–Crippen MR) is 84.6 cm³/mol. The zero-order valence-electron chi connectivity index (χ0n) is 12.1. The van der Waals surface area contributed by atoms with Gasteiger partial charge in [0.05, 0.1) is 18.9 Å². The number of carbonyl (C=O) groups excluding carboxylic acids is 1. The van der Waals surface area contributed by atoms with Crippen molar-refractivity contribution in [3.8, 4) is 11.6 Å². The molecule has 6 heteroatoms. The van der Waals surface area contributed by atoms with E-state index in [9.17, 15) is 4.79 Å². The zero-order chi connectivity index (χ0) is 15.5. The van der Waals surface area contributed by atoms with Crippen LogP contribution in [0.4, 0.5) is 0 Å². The van der Waals surface area contributed by atoms with Gasteiger partial charge in [-0.2, -0.15) is 0 Å². The maximum absolute atomic E-state index is 11.7. The van der Waals surface area contributed by atoms with Gasteiger partial charge < -0.3 is 9.15 Å². The van der Waals surface area contributed by atoms with E-state index < -0.39 is 0 Å². The van der Waals surface area contributed by atoms with Crippen LogP contribution in [-0.4, -0.2) is 28.3 Å². The van der Waals surface area contributed by atoms with Crippen LogP contribution in [0.5, 0.6) is 0 Å². The van der Waals surface area contributed by atoms with E-state index in [2.05, 4.69) is 9.97 Å². The largest absolute Gasteiger partial charge is 0.468 e. The van der Waals surface area contributed by atoms with E-state index in [1.54, 1.807) is 19.3 Å². The Morgan fingerprint density at radius 1 is 1.23 bits per heavy atom. The number of ether oxygens (including phenoxy) is 1. The van der Waals surface area contributed by atoms with E-state index >= 15 is 0 Å². The summed E-state index contributed by atoms with van der Waals surface area (Å²) in [6, 6.07) is 11.3. The standard InChI is InChI=1S/C16H14N2O3S/c1-10(16(19)20-2)22-15-11-6-3-4-7-12(11)17-14(18-15)13-8-5-9-21-13/h3-10H,1-2H3. The second kappa shape index (κ2) is 6.19. The van der Waals surface area contributed by atoms with Crippen LogP contribution in [-0.2, 0) is 9.53 Å². The molecule has 2 heterocycles. The molecule has 0 N–H and O–H groups in total. The van der Waals surface area contributed by atoms with Gasteiger partial charge in [0, 0.05) is 5.39 Å². The number of aromatic nitrogens is 2. The van der Waals surface area contributed by atoms with Gasteiger partial charge in [0.25, 0.3) is 0 Å². The molecule has 0 amide bonds. The first-order chi connectivity index (χ1) is 10.7. The number of nitrogens with zero attached hydrogens (tertiary/aromatic N) is 2. The van der Waals surface area contributed by atoms with Crippen LogP contribution in [0.15, 0.2) is 52.1 Å². The fraction of sp³-hybridized carbons (Fsp3) is 0.188. The van der Waals surface area contributed by atoms with E-state index in [0.717, 1.165) is 15.9 Å². The number of thioether (sulfide) groups is 1. The molecular weight excluding hydrogens is 300 g/mol. The van der Waals surface area contributed by atoms with E-state index in [4.69, 9.17) is 9.15 Å². The Morgan fingerprint density at radius 3 is 2.77 bits per heavy atom. The summed E-state index contributed by atoms with van der Waals surface area (Å²) < 4.78 is 10.1. The van der Waals surface area contributed by atoms with Gasteiger partial charge in [0.2, 0.25) is 0 Å². The first-order valence-corrected chi connectivity index (χ1v) is 7.62. The monoisotopic (exact) mass is 314 g/mol. The molecule has 0 aliphatic rings. The number of fused-ring (bicyclic) bond motifs is 1. The topological polar surface area (TPSA) is 65.2 Å². The highest BCUT2D eigenvalue weighted by atomic mass is 32.2.